The lowest BCUT2D eigenvalue weighted by Crippen LogP contribution is -1.96. The number of hydrogen-bond acceptors (Lipinski definition) is 3. The molecule has 66 valence electrons. The summed E-state index contributed by atoms with van der Waals surface area (Å²) in [6.07, 6.45) is 3.94. The Morgan fingerprint density at radius 3 is 2.85 bits per heavy atom. The number of rotatable bonds is 2. The number of nitrogens with two attached hydrogens (primary N) is 2. The van der Waals surface area contributed by atoms with Crippen molar-refractivity contribution in [2.24, 2.45) is 0 Å². The molecule has 0 aromatic heterocycles. The number of para-hydroxylation sites is 1. The van der Waals surface area contributed by atoms with Crippen molar-refractivity contribution in [2.75, 3.05) is 11.5 Å². The molecule has 0 aliphatic heterocycles. The van der Waals surface area contributed by atoms with E-state index in [0.29, 0.717) is 17.8 Å². The highest BCUT2D eigenvalue weighted by atomic mass is 14.7. The van der Waals surface area contributed by atoms with Gasteiger partial charge in [-0.2, -0.15) is 5.26 Å². The fourth-order valence-corrected chi connectivity index (χ4v) is 0.986. The first-order valence-corrected chi connectivity index (χ1v) is 3.93. The summed E-state index contributed by atoms with van der Waals surface area (Å²) in [6, 6.07) is 7.45. The summed E-state index contributed by atoms with van der Waals surface area (Å²) in [7, 11) is 0. The molecule has 0 radical (unpaired) electrons. The highest BCUT2D eigenvalue weighted by Gasteiger charge is 1.96. The van der Waals surface area contributed by atoms with Crippen LogP contribution in [0.3, 0.4) is 0 Å². The van der Waals surface area contributed by atoms with Crippen LogP contribution in [0.1, 0.15) is 12.0 Å². The van der Waals surface area contributed by atoms with Gasteiger partial charge >= 0.3 is 0 Å². The molecule has 0 unspecified atom stereocenters. The monoisotopic (exact) mass is 173 g/mol. The normalized spacial score (nSPS) is 10.1. The van der Waals surface area contributed by atoms with Crippen LogP contribution in [0.25, 0.3) is 6.08 Å². The number of benzene rings is 1. The summed E-state index contributed by atoms with van der Waals surface area (Å²) in [4.78, 5) is 0. The predicted molar refractivity (Wildman–Crippen MR) is 54.5 cm³/mol. The summed E-state index contributed by atoms with van der Waals surface area (Å²) in [5.41, 5.74) is 13.3. The average Bonchev–Trinajstić information content (AvgIpc) is 2.13. The maximum absolute atomic E-state index is 8.31. The van der Waals surface area contributed by atoms with Gasteiger partial charge in [-0.3, -0.25) is 0 Å². The fraction of sp³-hybridized carbons (Fsp3) is 0.100. The van der Waals surface area contributed by atoms with Crippen LogP contribution in [0.5, 0.6) is 0 Å². The van der Waals surface area contributed by atoms with Gasteiger partial charge in [-0.25, -0.2) is 0 Å². The molecule has 0 fully saturated rings. The summed E-state index contributed by atoms with van der Waals surface area (Å²) in [6.45, 7) is 0. The van der Waals surface area contributed by atoms with Crippen molar-refractivity contribution in [2.45, 2.75) is 6.42 Å². The van der Waals surface area contributed by atoms with Gasteiger partial charge in [0.2, 0.25) is 0 Å². The number of anilines is 2. The van der Waals surface area contributed by atoms with Crippen LogP contribution in [0.15, 0.2) is 24.3 Å². The first-order valence-electron chi connectivity index (χ1n) is 3.93. The quantitative estimate of drug-likeness (QED) is 0.669. The molecular formula is C10H11N3. The first kappa shape index (κ1) is 9.14. The van der Waals surface area contributed by atoms with Crippen molar-refractivity contribution < 1.29 is 0 Å². The van der Waals surface area contributed by atoms with E-state index in [9.17, 15) is 0 Å². The zero-order valence-electron chi connectivity index (χ0n) is 7.20. The third kappa shape index (κ3) is 2.24. The maximum atomic E-state index is 8.31. The molecule has 13 heavy (non-hydrogen) atoms. The van der Waals surface area contributed by atoms with Crippen LogP contribution in [0, 0.1) is 11.3 Å². The Bertz CT molecular complexity index is 361. The van der Waals surface area contributed by atoms with Gasteiger partial charge < -0.3 is 11.5 Å². The Hall–Kier alpha value is -1.95. The molecular weight excluding hydrogens is 162 g/mol. The van der Waals surface area contributed by atoms with Crippen LogP contribution in [0.2, 0.25) is 0 Å². The van der Waals surface area contributed by atoms with Gasteiger partial charge in [0.05, 0.1) is 23.9 Å². The minimum atomic E-state index is 0.383. The number of nitriles is 1. The molecule has 1 rings (SSSR count). The molecule has 0 saturated carbocycles. The highest BCUT2D eigenvalue weighted by molar-refractivity contribution is 5.75. The van der Waals surface area contributed by atoms with Crippen molar-refractivity contribution in [1.82, 2.24) is 0 Å². The van der Waals surface area contributed by atoms with E-state index in [4.69, 9.17) is 16.7 Å². The molecule has 0 spiro atoms. The lowest BCUT2D eigenvalue weighted by Gasteiger charge is -2.02. The molecule has 1 aromatic carbocycles. The van der Waals surface area contributed by atoms with Gasteiger partial charge in [-0.15, -0.1) is 0 Å². The van der Waals surface area contributed by atoms with Crippen LogP contribution in [-0.2, 0) is 0 Å². The van der Waals surface area contributed by atoms with Crippen molar-refractivity contribution >= 4 is 17.5 Å². The van der Waals surface area contributed by atoms with E-state index in [1.165, 1.54) is 0 Å². The predicted octanol–water partition coefficient (Wildman–Crippen LogP) is 1.78. The average molecular weight is 173 g/mol. The Balaban J connectivity index is 2.90. The van der Waals surface area contributed by atoms with E-state index in [2.05, 4.69) is 0 Å². The standard InChI is InChI=1S/C10H11N3/c11-7-2-1-4-8-5-3-6-9(12)10(8)13/h1,3-6H,2,12-13H2. The van der Waals surface area contributed by atoms with Gasteiger partial charge in [0.15, 0.2) is 0 Å². The second kappa shape index (κ2) is 4.17. The molecule has 0 bridgehead atoms. The summed E-state index contributed by atoms with van der Waals surface area (Å²) < 4.78 is 0. The van der Waals surface area contributed by atoms with Crippen LogP contribution < -0.4 is 11.5 Å². The SMILES string of the molecule is N#CCC=Cc1cccc(N)c1N. The van der Waals surface area contributed by atoms with Gasteiger partial charge in [0.1, 0.15) is 0 Å². The van der Waals surface area contributed by atoms with Crippen molar-refractivity contribution in [3.05, 3.63) is 29.8 Å². The van der Waals surface area contributed by atoms with E-state index in [0.717, 1.165) is 5.56 Å². The largest absolute Gasteiger partial charge is 0.397 e. The third-order valence-corrected chi connectivity index (χ3v) is 1.68. The summed E-state index contributed by atoms with van der Waals surface area (Å²) in [5.74, 6) is 0. The molecule has 0 aliphatic rings. The van der Waals surface area contributed by atoms with E-state index in [1.807, 2.05) is 18.2 Å². The zero-order valence-corrected chi connectivity index (χ0v) is 7.20. The lowest BCUT2D eigenvalue weighted by molar-refractivity contribution is 1.36. The molecule has 3 nitrogen and oxygen atoms in total. The van der Waals surface area contributed by atoms with E-state index < -0.39 is 0 Å². The van der Waals surface area contributed by atoms with Gasteiger partial charge in [0.25, 0.3) is 0 Å². The molecule has 0 aliphatic carbocycles. The van der Waals surface area contributed by atoms with Gasteiger partial charge in [-0.05, 0) is 11.6 Å². The lowest BCUT2D eigenvalue weighted by atomic mass is 10.1. The number of hydrogen-bond donors (Lipinski definition) is 2. The first-order chi connectivity index (χ1) is 6.25. The number of nitrogen functional groups attached to an aromatic ring is 2. The van der Waals surface area contributed by atoms with E-state index in [1.54, 1.807) is 18.2 Å². The summed E-state index contributed by atoms with van der Waals surface area (Å²) in [5, 5.41) is 8.31. The second-order valence-electron chi connectivity index (χ2n) is 2.61. The molecule has 0 amide bonds. The minimum absolute atomic E-state index is 0.383. The molecule has 1 aromatic rings. The smallest absolute Gasteiger partial charge is 0.0663 e. The minimum Gasteiger partial charge on any atom is -0.397 e. The van der Waals surface area contributed by atoms with Crippen molar-refractivity contribution in [3.63, 3.8) is 0 Å². The third-order valence-electron chi connectivity index (χ3n) is 1.68. The van der Waals surface area contributed by atoms with Crippen LogP contribution >= 0.6 is 0 Å². The van der Waals surface area contributed by atoms with Gasteiger partial charge in [-0.1, -0.05) is 24.3 Å². The molecule has 0 heterocycles. The number of allylic oxidation sites excluding steroid dienone is 1. The topological polar surface area (TPSA) is 75.8 Å². The zero-order chi connectivity index (χ0) is 9.68. The summed E-state index contributed by atoms with van der Waals surface area (Å²) >= 11 is 0. The Kier molecular flexibility index (Phi) is 2.93. The fourth-order valence-electron chi connectivity index (χ4n) is 0.986. The highest BCUT2D eigenvalue weighted by Crippen LogP contribution is 2.20. The number of nitrogens with zero attached hydrogens (tertiary/aromatic N) is 1. The van der Waals surface area contributed by atoms with Crippen LogP contribution in [-0.4, -0.2) is 0 Å². The molecule has 0 saturated heterocycles. The van der Waals surface area contributed by atoms with E-state index >= 15 is 0 Å². The Morgan fingerprint density at radius 1 is 1.38 bits per heavy atom. The van der Waals surface area contributed by atoms with Gasteiger partial charge in [0, 0.05) is 0 Å². The molecule has 3 heteroatoms. The Morgan fingerprint density at radius 2 is 2.15 bits per heavy atom. The van der Waals surface area contributed by atoms with Crippen molar-refractivity contribution in [3.8, 4) is 6.07 Å². The van der Waals surface area contributed by atoms with E-state index in [-0.39, 0.29) is 0 Å². The molecule has 0 atom stereocenters. The second-order valence-corrected chi connectivity index (χ2v) is 2.61. The maximum Gasteiger partial charge on any atom is 0.0663 e. The van der Waals surface area contributed by atoms with Crippen LogP contribution in [0.4, 0.5) is 11.4 Å². The molecule has 4 N–H and O–H groups in total. The van der Waals surface area contributed by atoms with Crippen molar-refractivity contribution in [1.29, 1.82) is 5.26 Å². The Labute approximate surface area is 77.3 Å².